The summed E-state index contributed by atoms with van der Waals surface area (Å²) in [5.74, 6) is 1.09. The molecule has 0 aliphatic rings. The number of nitrogens with zero attached hydrogens (tertiary/aromatic N) is 1. The molecule has 14 heavy (non-hydrogen) atoms. The van der Waals surface area contributed by atoms with Gasteiger partial charge < -0.3 is 10.3 Å². The summed E-state index contributed by atoms with van der Waals surface area (Å²) in [6, 6.07) is 0.650. The van der Waals surface area contributed by atoms with Gasteiger partial charge in [0.1, 0.15) is 5.82 Å². The van der Waals surface area contributed by atoms with Crippen LogP contribution in [0.15, 0.2) is 12.4 Å². The lowest BCUT2D eigenvalue weighted by Crippen LogP contribution is -2.27. The second-order valence-electron chi connectivity index (χ2n) is 3.78. The first kappa shape index (κ1) is 11.2. The average Bonchev–Trinajstić information content (AvgIpc) is 2.65. The summed E-state index contributed by atoms with van der Waals surface area (Å²) in [6.45, 7) is 5.55. The average molecular weight is 195 g/mol. The highest BCUT2D eigenvalue weighted by Crippen LogP contribution is 1.97. The van der Waals surface area contributed by atoms with E-state index >= 15 is 0 Å². The summed E-state index contributed by atoms with van der Waals surface area (Å²) >= 11 is 0. The van der Waals surface area contributed by atoms with E-state index in [1.54, 1.807) is 0 Å². The van der Waals surface area contributed by atoms with Crippen LogP contribution in [0.3, 0.4) is 0 Å². The van der Waals surface area contributed by atoms with Crippen LogP contribution >= 0.6 is 0 Å². The maximum Gasteiger partial charge on any atom is 0.106 e. The van der Waals surface area contributed by atoms with Crippen LogP contribution in [0.4, 0.5) is 0 Å². The number of hydrogen-bond acceptors (Lipinski definition) is 2. The van der Waals surface area contributed by atoms with E-state index in [0.717, 1.165) is 25.2 Å². The van der Waals surface area contributed by atoms with Crippen molar-refractivity contribution >= 4 is 0 Å². The summed E-state index contributed by atoms with van der Waals surface area (Å²) in [5.41, 5.74) is 0. The predicted molar refractivity (Wildman–Crippen MR) is 59.3 cm³/mol. The number of aryl methyl sites for hydroxylation is 1. The fourth-order valence-corrected chi connectivity index (χ4v) is 1.57. The highest BCUT2D eigenvalue weighted by molar-refractivity contribution is 4.86. The maximum atomic E-state index is 4.19. The van der Waals surface area contributed by atoms with Crippen LogP contribution in [-0.4, -0.2) is 22.6 Å². The first-order valence-electron chi connectivity index (χ1n) is 5.54. The topological polar surface area (TPSA) is 40.7 Å². The van der Waals surface area contributed by atoms with E-state index in [4.69, 9.17) is 0 Å². The Bertz CT molecular complexity index is 218. The van der Waals surface area contributed by atoms with Crippen molar-refractivity contribution in [1.82, 2.24) is 15.3 Å². The minimum Gasteiger partial charge on any atom is -0.349 e. The van der Waals surface area contributed by atoms with Gasteiger partial charge in [0.25, 0.3) is 0 Å². The van der Waals surface area contributed by atoms with Crippen molar-refractivity contribution in [1.29, 1.82) is 0 Å². The van der Waals surface area contributed by atoms with Crippen molar-refractivity contribution in [2.75, 3.05) is 6.54 Å². The second kappa shape index (κ2) is 6.60. The van der Waals surface area contributed by atoms with Gasteiger partial charge in [-0.2, -0.15) is 0 Å². The number of hydrogen-bond donors (Lipinski definition) is 2. The van der Waals surface area contributed by atoms with Gasteiger partial charge in [-0.3, -0.25) is 0 Å². The standard InChI is InChI=1S/C11H21N3/c1-3-5-10(2)12-7-4-6-11-13-8-9-14-11/h8-10,12H,3-7H2,1-2H3,(H,13,14). The summed E-state index contributed by atoms with van der Waals surface area (Å²) in [5, 5.41) is 3.50. The molecule has 1 aromatic rings. The number of imidazole rings is 1. The zero-order chi connectivity index (χ0) is 10.2. The van der Waals surface area contributed by atoms with Gasteiger partial charge in [-0.15, -0.1) is 0 Å². The highest BCUT2D eigenvalue weighted by atomic mass is 14.9. The second-order valence-corrected chi connectivity index (χ2v) is 3.78. The third kappa shape index (κ3) is 4.42. The summed E-state index contributed by atoms with van der Waals surface area (Å²) < 4.78 is 0. The van der Waals surface area contributed by atoms with Gasteiger partial charge >= 0.3 is 0 Å². The van der Waals surface area contributed by atoms with E-state index in [0.29, 0.717) is 6.04 Å². The molecule has 0 bridgehead atoms. The Morgan fingerprint density at radius 3 is 3.07 bits per heavy atom. The Labute approximate surface area is 86.3 Å². The molecular formula is C11H21N3. The molecular weight excluding hydrogens is 174 g/mol. The normalized spacial score (nSPS) is 13.0. The van der Waals surface area contributed by atoms with E-state index in [-0.39, 0.29) is 0 Å². The van der Waals surface area contributed by atoms with Gasteiger partial charge in [-0.05, 0) is 26.3 Å². The largest absolute Gasteiger partial charge is 0.349 e. The van der Waals surface area contributed by atoms with Crippen molar-refractivity contribution < 1.29 is 0 Å². The van der Waals surface area contributed by atoms with E-state index in [1.807, 2.05) is 12.4 Å². The lowest BCUT2D eigenvalue weighted by molar-refractivity contribution is 0.500. The van der Waals surface area contributed by atoms with Crippen molar-refractivity contribution in [3.05, 3.63) is 18.2 Å². The van der Waals surface area contributed by atoms with Gasteiger partial charge in [0.05, 0.1) is 0 Å². The lowest BCUT2D eigenvalue weighted by atomic mass is 10.2. The van der Waals surface area contributed by atoms with Crippen LogP contribution in [0, 0.1) is 0 Å². The van der Waals surface area contributed by atoms with E-state index in [9.17, 15) is 0 Å². The van der Waals surface area contributed by atoms with Gasteiger partial charge in [-0.25, -0.2) is 4.98 Å². The van der Waals surface area contributed by atoms with Gasteiger partial charge in [0, 0.05) is 24.9 Å². The van der Waals surface area contributed by atoms with Crippen LogP contribution < -0.4 is 5.32 Å². The van der Waals surface area contributed by atoms with Crippen LogP contribution in [0.25, 0.3) is 0 Å². The fourth-order valence-electron chi connectivity index (χ4n) is 1.57. The molecule has 0 fully saturated rings. The smallest absolute Gasteiger partial charge is 0.106 e. The molecule has 0 saturated carbocycles. The van der Waals surface area contributed by atoms with Crippen LogP contribution in [0.2, 0.25) is 0 Å². The zero-order valence-corrected chi connectivity index (χ0v) is 9.21. The van der Waals surface area contributed by atoms with Crippen LogP contribution in [-0.2, 0) is 6.42 Å². The molecule has 1 aromatic heterocycles. The van der Waals surface area contributed by atoms with E-state index in [2.05, 4.69) is 29.1 Å². The quantitative estimate of drug-likeness (QED) is 0.654. The molecule has 2 N–H and O–H groups in total. The van der Waals surface area contributed by atoms with Gasteiger partial charge in [-0.1, -0.05) is 13.3 Å². The molecule has 0 amide bonds. The molecule has 0 radical (unpaired) electrons. The Morgan fingerprint density at radius 2 is 2.43 bits per heavy atom. The van der Waals surface area contributed by atoms with Crippen LogP contribution in [0.1, 0.15) is 38.9 Å². The third-order valence-corrected chi connectivity index (χ3v) is 2.36. The Morgan fingerprint density at radius 1 is 1.57 bits per heavy atom. The maximum absolute atomic E-state index is 4.19. The number of aromatic nitrogens is 2. The molecule has 1 rings (SSSR count). The molecule has 80 valence electrons. The Hall–Kier alpha value is -0.830. The van der Waals surface area contributed by atoms with Crippen molar-refractivity contribution in [3.8, 4) is 0 Å². The monoisotopic (exact) mass is 195 g/mol. The summed E-state index contributed by atoms with van der Waals surface area (Å²) in [6.07, 6.45) is 8.40. The zero-order valence-electron chi connectivity index (χ0n) is 9.21. The first-order chi connectivity index (χ1) is 6.83. The molecule has 1 heterocycles. The summed E-state index contributed by atoms with van der Waals surface area (Å²) in [4.78, 5) is 7.30. The highest BCUT2D eigenvalue weighted by Gasteiger charge is 1.99. The number of H-pyrrole nitrogens is 1. The fraction of sp³-hybridized carbons (Fsp3) is 0.727. The molecule has 3 nitrogen and oxygen atoms in total. The molecule has 0 spiro atoms. The minimum absolute atomic E-state index is 0.650. The van der Waals surface area contributed by atoms with Crippen molar-refractivity contribution in [3.63, 3.8) is 0 Å². The molecule has 0 aliphatic heterocycles. The molecule has 0 saturated heterocycles. The van der Waals surface area contributed by atoms with E-state index in [1.165, 1.54) is 12.8 Å². The number of rotatable bonds is 7. The Kier molecular flexibility index (Phi) is 5.30. The molecule has 0 aliphatic carbocycles. The number of aromatic amines is 1. The van der Waals surface area contributed by atoms with Crippen molar-refractivity contribution in [2.24, 2.45) is 0 Å². The number of nitrogens with one attached hydrogen (secondary N) is 2. The third-order valence-electron chi connectivity index (χ3n) is 2.36. The molecule has 1 unspecified atom stereocenters. The SMILES string of the molecule is CCCC(C)NCCCc1ncc[nH]1. The van der Waals surface area contributed by atoms with Gasteiger partial charge in [0.15, 0.2) is 0 Å². The Balaban J connectivity index is 1.99. The summed E-state index contributed by atoms with van der Waals surface area (Å²) in [7, 11) is 0. The lowest BCUT2D eigenvalue weighted by Gasteiger charge is -2.11. The molecule has 0 aromatic carbocycles. The predicted octanol–water partition coefficient (Wildman–Crippen LogP) is 2.12. The van der Waals surface area contributed by atoms with Crippen LogP contribution in [0.5, 0.6) is 0 Å². The molecule has 3 heteroatoms. The minimum atomic E-state index is 0.650. The first-order valence-corrected chi connectivity index (χ1v) is 5.54. The van der Waals surface area contributed by atoms with Crippen molar-refractivity contribution in [2.45, 2.75) is 45.6 Å². The van der Waals surface area contributed by atoms with Gasteiger partial charge in [0.2, 0.25) is 0 Å². The van der Waals surface area contributed by atoms with E-state index < -0.39 is 0 Å². The molecule has 1 atom stereocenters.